The first-order valence-corrected chi connectivity index (χ1v) is 10.9. The number of amides is 1. The predicted octanol–water partition coefficient (Wildman–Crippen LogP) is 4.67. The monoisotopic (exact) mass is 439 g/mol. The third-order valence-corrected chi connectivity index (χ3v) is 4.65. The lowest BCUT2D eigenvalue weighted by Gasteiger charge is -2.16. The number of carbonyl (C=O) groups excluding carboxylic acids is 1. The molecular formula is C24H29N3O5. The van der Waals surface area contributed by atoms with E-state index in [1.807, 2.05) is 32.9 Å². The molecule has 1 heterocycles. The van der Waals surface area contributed by atoms with Crippen molar-refractivity contribution in [2.24, 2.45) is 0 Å². The van der Waals surface area contributed by atoms with Crippen LogP contribution in [0.15, 0.2) is 40.8 Å². The van der Waals surface area contributed by atoms with Gasteiger partial charge in [-0.1, -0.05) is 36.3 Å². The zero-order valence-corrected chi connectivity index (χ0v) is 18.9. The maximum absolute atomic E-state index is 12.8. The Kier molecular flexibility index (Phi) is 8.08. The van der Waals surface area contributed by atoms with Crippen LogP contribution in [0.3, 0.4) is 0 Å². The average molecular weight is 440 g/mol. The minimum absolute atomic E-state index is 0.0278. The molecule has 0 aliphatic heterocycles. The maximum Gasteiger partial charge on any atom is 0.322 e. The zero-order chi connectivity index (χ0) is 22.9. The molecule has 1 N–H and O–H groups in total. The number of benzene rings is 2. The van der Waals surface area contributed by atoms with Gasteiger partial charge in [-0.2, -0.15) is 0 Å². The summed E-state index contributed by atoms with van der Waals surface area (Å²) in [7, 11) is 0. The van der Waals surface area contributed by atoms with E-state index < -0.39 is 5.91 Å². The molecule has 170 valence electrons. The minimum Gasteiger partial charge on any atom is -0.490 e. The second kappa shape index (κ2) is 11.2. The van der Waals surface area contributed by atoms with Gasteiger partial charge in [0.1, 0.15) is 0 Å². The molecule has 0 saturated carbocycles. The summed E-state index contributed by atoms with van der Waals surface area (Å²) in [5.74, 6) is 1.35. The first-order valence-electron chi connectivity index (χ1n) is 10.9. The van der Waals surface area contributed by atoms with E-state index >= 15 is 0 Å². The zero-order valence-electron chi connectivity index (χ0n) is 18.9. The summed E-state index contributed by atoms with van der Waals surface area (Å²) in [5, 5.41) is 10.6. The van der Waals surface area contributed by atoms with E-state index in [1.54, 1.807) is 12.1 Å². The van der Waals surface area contributed by atoms with Crippen molar-refractivity contribution in [3.8, 4) is 17.2 Å². The molecule has 0 aliphatic carbocycles. The number of anilines is 1. The molecule has 2 aromatic carbocycles. The number of rotatable bonds is 11. The number of aromatic nitrogens is 2. The molecule has 8 heteroatoms. The molecule has 3 aromatic rings. The Balaban J connectivity index is 1.76. The number of aryl methyl sites for hydroxylation is 1. The van der Waals surface area contributed by atoms with Crippen LogP contribution in [0.5, 0.6) is 17.2 Å². The largest absolute Gasteiger partial charge is 0.490 e. The lowest BCUT2D eigenvalue weighted by molar-refractivity contribution is 0.102. The van der Waals surface area contributed by atoms with Crippen molar-refractivity contribution in [2.75, 3.05) is 25.1 Å². The second-order valence-corrected chi connectivity index (χ2v) is 6.90. The van der Waals surface area contributed by atoms with Gasteiger partial charge in [0.15, 0.2) is 11.5 Å². The molecule has 0 aliphatic rings. The lowest BCUT2D eigenvalue weighted by atomic mass is 10.1. The number of nitrogens with zero attached hydrogens (tertiary/aromatic N) is 2. The van der Waals surface area contributed by atoms with E-state index in [4.69, 9.17) is 18.6 Å². The molecule has 3 rings (SSSR count). The van der Waals surface area contributed by atoms with E-state index in [1.165, 1.54) is 5.56 Å². The summed E-state index contributed by atoms with van der Waals surface area (Å²) >= 11 is 0. The van der Waals surface area contributed by atoms with Gasteiger partial charge in [-0.05, 0) is 50.5 Å². The van der Waals surface area contributed by atoms with E-state index in [9.17, 15) is 4.79 Å². The van der Waals surface area contributed by atoms with Gasteiger partial charge in [0.05, 0.1) is 26.2 Å². The van der Waals surface area contributed by atoms with Crippen LogP contribution in [0.25, 0.3) is 0 Å². The lowest BCUT2D eigenvalue weighted by Crippen LogP contribution is -2.13. The van der Waals surface area contributed by atoms with Crippen molar-refractivity contribution in [3.63, 3.8) is 0 Å². The number of carbonyl (C=O) groups is 1. The molecule has 0 bridgehead atoms. The number of hydrogen-bond donors (Lipinski definition) is 1. The van der Waals surface area contributed by atoms with Gasteiger partial charge >= 0.3 is 6.01 Å². The van der Waals surface area contributed by atoms with E-state index in [0.29, 0.717) is 54.9 Å². The van der Waals surface area contributed by atoms with Gasteiger partial charge in [-0.25, -0.2) is 0 Å². The quantitative estimate of drug-likeness (QED) is 0.464. The third kappa shape index (κ3) is 5.78. The summed E-state index contributed by atoms with van der Waals surface area (Å²) in [6.45, 7) is 8.99. The van der Waals surface area contributed by atoms with Gasteiger partial charge in [0.25, 0.3) is 5.91 Å². The smallest absolute Gasteiger partial charge is 0.322 e. The molecule has 1 aromatic heterocycles. The molecule has 0 unspecified atom stereocenters. The topological polar surface area (TPSA) is 95.7 Å². The Hall–Kier alpha value is -3.55. The minimum atomic E-state index is -0.419. The molecule has 1 amide bonds. The predicted molar refractivity (Wildman–Crippen MR) is 121 cm³/mol. The normalized spacial score (nSPS) is 10.6. The van der Waals surface area contributed by atoms with Crippen LogP contribution >= 0.6 is 0 Å². The van der Waals surface area contributed by atoms with Crippen molar-refractivity contribution >= 4 is 11.9 Å². The fourth-order valence-electron chi connectivity index (χ4n) is 3.13. The van der Waals surface area contributed by atoms with Crippen molar-refractivity contribution < 1.29 is 23.4 Å². The molecule has 0 radical (unpaired) electrons. The highest BCUT2D eigenvalue weighted by atomic mass is 16.5. The Labute approximate surface area is 187 Å². The number of ether oxygens (including phenoxy) is 3. The van der Waals surface area contributed by atoms with Crippen molar-refractivity contribution in [2.45, 2.75) is 40.5 Å². The van der Waals surface area contributed by atoms with Crippen LogP contribution in [0.2, 0.25) is 0 Å². The van der Waals surface area contributed by atoms with Crippen LogP contribution in [0.4, 0.5) is 6.01 Å². The van der Waals surface area contributed by atoms with Crippen LogP contribution < -0.4 is 19.5 Å². The van der Waals surface area contributed by atoms with Gasteiger partial charge in [0.2, 0.25) is 11.6 Å². The number of hydrogen-bond acceptors (Lipinski definition) is 7. The third-order valence-electron chi connectivity index (χ3n) is 4.65. The van der Waals surface area contributed by atoms with Gasteiger partial charge < -0.3 is 18.6 Å². The fraction of sp³-hybridized carbons (Fsp3) is 0.375. The Morgan fingerprint density at radius 3 is 2.03 bits per heavy atom. The molecule has 0 atom stereocenters. The van der Waals surface area contributed by atoms with Crippen molar-refractivity contribution in [1.29, 1.82) is 0 Å². The first kappa shape index (κ1) is 23.1. The standard InChI is InChI=1S/C24H29N3O5/c1-5-16-9-11-17(12-10-16)13-21-26-27-24(32-21)25-23(28)18-14-19(29-6-2)22(31-8-4)20(15-18)30-7-3/h9-12,14-15H,5-8,13H2,1-4H3,(H,25,27,28). The Bertz CT molecular complexity index is 1000. The molecular weight excluding hydrogens is 410 g/mol. The average Bonchev–Trinajstić information content (AvgIpc) is 3.23. The highest BCUT2D eigenvalue weighted by molar-refractivity contribution is 6.04. The van der Waals surface area contributed by atoms with Crippen molar-refractivity contribution in [3.05, 3.63) is 59.0 Å². The molecule has 32 heavy (non-hydrogen) atoms. The number of nitrogens with one attached hydrogen (secondary N) is 1. The Morgan fingerprint density at radius 1 is 0.875 bits per heavy atom. The van der Waals surface area contributed by atoms with Crippen LogP contribution in [-0.2, 0) is 12.8 Å². The Morgan fingerprint density at radius 2 is 1.47 bits per heavy atom. The summed E-state index contributed by atoms with van der Waals surface area (Å²) in [6.07, 6.45) is 1.47. The maximum atomic E-state index is 12.8. The van der Waals surface area contributed by atoms with Gasteiger partial charge in [-0.15, -0.1) is 5.10 Å². The highest BCUT2D eigenvalue weighted by Crippen LogP contribution is 2.39. The highest BCUT2D eigenvalue weighted by Gasteiger charge is 2.20. The summed E-state index contributed by atoms with van der Waals surface area (Å²) in [6, 6.07) is 11.5. The van der Waals surface area contributed by atoms with Gasteiger partial charge in [0, 0.05) is 5.56 Å². The van der Waals surface area contributed by atoms with Crippen LogP contribution in [0.1, 0.15) is 55.1 Å². The summed E-state index contributed by atoms with van der Waals surface area (Å²) in [5.41, 5.74) is 2.65. The van der Waals surface area contributed by atoms with E-state index in [-0.39, 0.29) is 6.01 Å². The van der Waals surface area contributed by atoms with Gasteiger partial charge in [-0.3, -0.25) is 10.1 Å². The van der Waals surface area contributed by atoms with E-state index in [2.05, 4.69) is 34.6 Å². The van der Waals surface area contributed by atoms with Crippen LogP contribution in [0, 0.1) is 0 Å². The molecule has 0 spiro atoms. The molecule has 0 saturated heterocycles. The van der Waals surface area contributed by atoms with E-state index in [0.717, 1.165) is 12.0 Å². The summed E-state index contributed by atoms with van der Waals surface area (Å²) in [4.78, 5) is 12.8. The van der Waals surface area contributed by atoms with Crippen LogP contribution in [-0.4, -0.2) is 35.9 Å². The second-order valence-electron chi connectivity index (χ2n) is 6.90. The fourth-order valence-corrected chi connectivity index (χ4v) is 3.13. The first-order chi connectivity index (χ1) is 15.6. The summed E-state index contributed by atoms with van der Waals surface area (Å²) < 4.78 is 22.6. The SMILES string of the molecule is CCOc1cc(C(=O)Nc2nnc(Cc3ccc(CC)cc3)o2)cc(OCC)c1OCC. The molecule has 0 fully saturated rings. The molecule has 8 nitrogen and oxygen atoms in total. The van der Waals surface area contributed by atoms with Crippen molar-refractivity contribution in [1.82, 2.24) is 10.2 Å².